The van der Waals surface area contributed by atoms with E-state index < -0.39 is 0 Å². The van der Waals surface area contributed by atoms with E-state index in [1.54, 1.807) is 24.3 Å². The molecule has 0 radical (unpaired) electrons. The lowest BCUT2D eigenvalue weighted by molar-refractivity contribution is 0.0950. The van der Waals surface area contributed by atoms with Crippen LogP contribution in [0.25, 0.3) is 0 Å². The van der Waals surface area contributed by atoms with Crippen LogP contribution in [0.2, 0.25) is 5.02 Å². The van der Waals surface area contributed by atoms with Gasteiger partial charge in [0, 0.05) is 5.92 Å². The first-order valence-corrected chi connectivity index (χ1v) is 6.31. The fourth-order valence-electron chi connectivity index (χ4n) is 1.47. The topological polar surface area (TPSA) is 68.0 Å². The summed E-state index contributed by atoms with van der Waals surface area (Å²) in [4.78, 5) is 16.1. The Labute approximate surface area is 116 Å². The lowest BCUT2D eigenvalue weighted by Crippen LogP contribution is -2.23. The molecule has 0 saturated heterocycles. The van der Waals surface area contributed by atoms with Gasteiger partial charge in [0.15, 0.2) is 5.82 Å². The maximum atomic E-state index is 11.9. The van der Waals surface area contributed by atoms with Crippen LogP contribution in [0.15, 0.2) is 28.8 Å². The second-order valence-electron chi connectivity index (χ2n) is 4.37. The van der Waals surface area contributed by atoms with Crippen LogP contribution in [0.3, 0.4) is 0 Å². The summed E-state index contributed by atoms with van der Waals surface area (Å²) in [6, 6.07) is 6.86. The van der Waals surface area contributed by atoms with Gasteiger partial charge in [-0.15, -0.1) is 0 Å². The largest absolute Gasteiger partial charge is 0.345 e. The molecular weight excluding hydrogens is 266 g/mol. The van der Waals surface area contributed by atoms with Gasteiger partial charge in [0.2, 0.25) is 5.89 Å². The van der Waals surface area contributed by atoms with E-state index in [0.717, 1.165) is 0 Å². The summed E-state index contributed by atoms with van der Waals surface area (Å²) in [5.74, 6) is 0.910. The smallest absolute Gasteiger partial charge is 0.253 e. The number of halogens is 1. The quantitative estimate of drug-likeness (QED) is 0.934. The van der Waals surface area contributed by atoms with Crippen LogP contribution in [-0.2, 0) is 6.54 Å². The molecule has 1 N–H and O–H groups in total. The van der Waals surface area contributed by atoms with E-state index in [1.165, 1.54) is 0 Å². The molecule has 0 aliphatic carbocycles. The molecule has 0 aliphatic rings. The number of nitrogens with zero attached hydrogens (tertiary/aromatic N) is 2. The SMILES string of the molecule is CC(C)c1nc(CNC(=O)c2ccccc2Cl)no1. The highest BCUT2D eigenvalue weighted by atomic mass is 35.5. The van der Waals surface area contributed by atoms with Crippen molar-refractivity contribution in [2.45, 2.75) is 26.3 Å². The number of aromatic nitrogens is 2. The molecule has 1 heterocycles. The molecule has 0 aliphatic heterocycles. The van der Waals surface area contributed by atoms with Crippen LogP contribution in [0.4, 0.5) is 0 Å². The van der Waals surface area contributed by atoms with Crippen molar-refractivity contribution in [3.05, 3.63) is 46.6 Å². The minimum absolute atomic E-state index is 0.167. The summed E-state index contributed by atoms with van der Waals surface area (Å²) in [6.45, 7) is 4.12. The molecule has 1 aromatic carbocycles. The van der Waals surface area contributed by atoms with E-state index in [9.17, 15) is 4.79 Å². The van der Waals surface area contributed by atoms with Gasteiger partial charge in [-0.2, -0.15) is 4.98 Å². The molecule has 0 spiro atoms. The van der Waals surface area contributed by atoms with Crippen molar-refractivity contribution in [1.29, 1.82) is 0 Å². The van der Waals surface area contributed by atoms with Crippen molar-refractivity contribution < 1.29 is 9.32 Å². The third-order valence-corrected chi connectivity index (χ3v) is 2.83. The maximum Gasteiger partial charge on any atom is 0.253 e. The van der Waals surface area contributed by atoms with Crippen molar-refractivity contribution in [2.75, 3.05) is 0 Å². The van der Waals surface area contributed by atoms with Crippen LogP contribution in [0, 0.1) is 0 Å². The average molecular weight is 280 g/mol. The van der Waals surface area contributed by atoms with Gasteiger partial charge >= 0.3 is 0 Å². The number of rotatable bonds is 4. The third kappa shape index (κ3) is 3.32. The zero-order chi connectivity index (χ0) is 13.8. The van der Waals surface area contributed by atoms with Crippen LogP contribution < -0.4 is 5.32 Å². The van der Waals surface area contributed by atoms with E-state index in [4.69, 9.17) is 16.1 Å². The standard InChI is InChI=1S/C13H14ClN3O2/c1-8(2)13-16-11(17-19-13)7-15-12(18)9-5-3-4-6-10(9)14/h3-6,8H,7H2,1-2H3,(H,15,18). The van der Waals surface area contributed by atoms with Gasteiger partial charge in [0.25, 0.3) is 5.91 Å². The van der Waals surface area contributed by atoms with Crippen molar-refractivity contribution in [2.24, 2.45) is 0 Å². The van der Waals surface area contributed by atoms with Gasteiger partial charge in [0.1, 0.15) is 0 Å². The molecule has 2 rings (SSSR count). The zero-order valence-corrected chi connectivity index (χ0v) is 11.4. The highest BCUT2D eigenvalue weighted by Gasteiger charge is 2.12. The molecular formula is C13H14ClN3O2. The Bertz CT molecular complexity index is 581. The van der Waals surface area contributed by atoms with E-state index >= 15 is 0 Å². The summed E-state index contributed by atoms with van der Waals surface area (Å²) >= 11 is 5.94. The van der Waals surface area contributed by atoms with Crippen molar-refractivity contribution >= 4 is 17.5 Å². The Morgan fingerprint density at radius 1 is 1.42 bits per heavy atom. The Kier molecular flexibility index (Phi) is 4.16. The first-order chi connectivity index (χ1) is 9.08. The minimum atomic E-state index is -0.263. The highest BCUT2D eigenvalue weighted by Crippen LogP contribution is 2.15. The fraction of sp³-hybridized carbons (Fsp3) is 0.308. The van der Waals surface area contributed by atoms with Gasteiger partial charge in [-0.1, -0.05) is 42.7 Å². The minimum Gasteiger partial charge on any atom is -0.345 e. The van der Waals surface area contributed by atoms with Gasteiger partial charge in [-0.05, 0) is 12.1 Å². The molecule has 0 bridgehead atoms. The summed E-state index contributed by atoms with van der Waals surface area (Å²) < 4.78 is 5.05. The first kappa shape index (κ1) is 13.5. The normalized spacial score (nSPS) is 10.7. The number of nitrogens with one attached hydrogen (secondary N) is 1. The van der Waals surface area contributed by atoms with Gasteiger partial charge in [-0.25, -0.2) is 0 Å². The van der Waals surface area contributed by atoms with Gasteiger partial charge < -0.3 is 9.84 Å². The first-order valence-electron chi connectivity index (χ1n) is 5.93. The average Bonchev–Trinajstić information content (AvgIpc) is 2.85. The van der Waals surface area contributed by atoms with E-state index in [0.29, 0.717) is 22.3 Å². The number of benzene rings is 1. The molecule has 0 unspecified atom stereocenters. The Hall–Kier alpha value is -1.88. The molecule has 0 fully saturated rings. The van der Waals surface area contributed by atoms with Crippen LogP contribution in [0.5, 0.6) is 0 Å². The highest BCUT2D eigenvalue weighted by molar-refractivity contribution is 6.33. The molecule has 19 heavy (non-hydrogen) atoms. The lowest BCUT2D eigenvalue weighted by Gasteiger charge is -2.03. The number of carbonyl (C=O) groups excluding carboxylic acids is 1. The molecule has 0 atom stereocenters. The second-order valence-corrected chi connectivity index (χ2v) is 4.77. The van der Waals surface area contributed by atoms with Crippen molar-refractivity contribution in [3.63, 3.8) is 0 Å². The number of amides is 1. The monoisotopic (exact) mass is 279 g/mol. The van der Waals surface area contributed by atoms with Crippen molar-refractivity contribution in [1.82, 2.24) is 15.5 Å². The second kappa shape index (κ2) is 5.84. The number of hydrogen-bond donors (Lipinski definition) is 1. The zero-order valence-electron chi connectivity index (χ0n) is 10.7. The Morgan fingerprint density at radius 2 is 2.16 bits per heavy atom. The molecule has 0 saturated carbocycles. The number of hydrogen-bond acceptors (Lipinski definition) is 4. The Balaban J connectivity index is 1.98. The van der Waals surface area contributed by atoms with Crippen molar-refractivity contribution in [3.8, 4) is 0 Å². The van der Waals surface area contributed by atoms with E-state index in [-0.39, 0.29) is 18.4 Å². The van der Waals surface area contributed by atoms with E-state index in [2.05, 4.69) is 15.5 Å². The molecule has 6 heteroatoms. The molecule has 1 aromatic heterocycles. The fourth-order valence-corrected chi connectivity index (χ4v) is 1.70. The predicted octanol–water partition coefficient (Wildman–Crippen LogP) is 2.78. The maximum absolute atomic E-state index is 11.9. The Morgan fingerprint density at radius 3 is 2.79 bits per heavy atom. The van der Waals surface area contributed by atoms with Crippen LogP contribution in [0.1, 0.15) is 41.8 Å². The summed E-state index contributed by atoms with van der Waals surface area (Å²) in [5.41, 5.74) is 0.428. The third-order valence-electron chi connectivity index (χ3n) is 2.50. The number of carbonyl (C=O) groups is 1. The summed E-state index contributed by atoms with van der Waals surface area (Å²) in [6.07, 6.45) is 0. The molecule has 100 valence electrons. The summed E-state index contributed by atoms with van der Waals surface area (Å²) in [5, 5.41) is 6.90. The molecule has 2 aromatic rings. The van der Waals surface area contributed by atoms with E-state index in [1.807, 2.05) is 13.8 Å². The lowest BCUT2D eigenvalue weighted by atomic mass is 10.2. The summed E-state index contributed by atoms with van der Waals surface area (Å²) in [7, 11) is 0. The molecule has 5 nitrogen and oxygen atoms in total. The predicted molar refractivity (Wildman–Crippen MR) is 71.0 cm³/mol. The van der Waals surface area contributed by atoms with Gasteiger partial charge in [-0.3, -0.25) is 4.79 Å². The van der Waals surface area contributed by atoms with Crippen LogP contribution >= 0.6 is 11.6 Å². The van der Waals surface area contributed by atoms with Gasteiger partial charge in [0.05, 0.1) is 17.1 Å². The van der Waals surface area contributed by atoms with Crippen LogP contribution in [-0.4, -0.2) is 16.0 Å². The molecule has 1 amide bonds.